The van der Waals surface area contributed by atoms with E-state index in [9.17, 15) is 4.79 Å². The standard InChI is InChI=1S/C21H24N4O3/c1-27-18-7-5-16(6-8-18)12-19-13-22-21(28-19)17-4-2-10-24(14-17)20(26)15-25-11-3-9-23-25/h3,5-9,11,13,17H,2,4,10,12,14-15H2,1H3/t17-/m0/s1. The van der Waals surface area contributed by atoms with Gasteiger partial charge in [0.1, 0.15) is 18.1 Å². The highest BCUT2D eigenvalue weighted by Crippen LogP contribution is 2.27. The molecule has 1 atom stereocenters. The van der Waals surface area contributed by atoms with Gasteiger partial charge in [-0.25, -0.2) is 4.98 Å². The summed E-state index contributed by atoms with van der Waals surface area (Å²) < 4.78 is 12.9. The van der Waals surface area contributed by atoms with Gasteiger partial charge in [-0.1, -0.05) is 12.1 Å². The van der Waals surface area contributed by atoms with E-state index in [2.05, 4.69) is 10.1 Å². The van der Waals surface area contributed by atoms with Crippen LogP contribution in [0.4, 0.5) is 0 Å². The van der Waals surface area contributed by atoms with Crippen LogP contribution in [0.25, 0.3) is 0 Å². The van der Waals surface area contributed by atoms with E-state index >= 15 is 0 Å². The van der Waals surface area contributed by atoms with Gasteiger partial charge in [0.15, 0.2) is 5.89 Å². The maximum atomic E-state index is 12.5. The molecule has 0 spiro atoms. The molecule has 1 aliphatic rings. The van der Waals surface area contributed by atoms with E-state index in [1.807, 2.05) is 35.2 Å². The van der Waals surface area contributed by atoms with Gasteiger partial charge in [-0.15, -0.1) is 0 Å². The van der Waals surface area contributed by atoms with Crippen molar-refractivity contribution in [3.63, 3.8) is 0 Å². The number of carbonyl (C=O) groups excluding carboxylic acids is 1. The van der Waals surface area contributed by atoms with Crippen LogP contribution in [0.5, 0.6) is 5.75 Å². The Bertz CT molecular complexity index is 902. The second-order valence-electron chi connectivity index (χ2n) is 7.07. The maximum Gasteiger partial charge on any atom is 0.244 e. The fraction of sp³-hybridized carbons (Fsp3) is 0.381. The van der Waals surface area contributed by atoms with Crippen LogP contribution in [-0.4, -0.2) is 45.8 Å². The molecule has 1 aliphatic heterocycles. The van der Waals surface area contributed by atoms with E-state index in [0.717, 1.165) is 42.4 Å². The van der Waals surface area contributed by atoms with Gasteiger partial charge in [0.25, 0.3) is 0 Å². The van der Waals surface area contributed by atoms with Gasteiger partial charge in [-0.3, -0.25) is 9.48 Å². The van der Waals surface area contributed by atoms with Crippen LogP contribution in [0, 0.1) is 0 Å². The first-order valence-electron chi connectivity index (χ1n) is 9.54. The van der Waals surface area contributed by atoms with Gasteiger partial charge in [-0.2, -0.15) is 5.10 Å². The Morgan fingerprint density at radius 1 is 1.32 bits per heavy atom. The molecule has 0 N–H and O–H groups in total. The molecule has 0 unspecified atom stereocenters. The summed E-state index contributed by atoms with van der Waals surface area (Å²) >= 11 is 0. The first-order chi connectivity index (χ1) is 13.7. The first-order valence-corrected chi connectivity index (χ1v) is 9.54. The van der Waals surface area contributed by atoms with E-state index in [-0.39, 0.29) is 18.4 Å². The lowest BCUT2D eigenvalue weighted by Crippen LogP contribution is -2.41. The Morgan fingerprint density at radius 2 is 2.18 bits per heavy atom. The molecule has 146 valence electrons. The molecule has 4 rings (SSSR count). The van der Waals surface area contributed by atoms with Crippen LogP contribution in [0.15, 0.2) is 53.3 Å². The van der Waals surface area contributed by atoms with Crippen molar-refractivity contribution in [2.45, 2.75) is 31.7 Å². The first kappa shape index (κ1) is 18.3. The molecular formula is C21H24N4O3. The summed E-state index contributed by atoms with van der Waals surface area (Å²) in [7, 11) is 1.66. The Hall–Kier alpha value is -3.09. The van der Waals surface area contributed by atoms with Crippen LogP contribution in [-0.2, 0) is 17.8 Å². The molecule has 0 bridgehead atoms. The fourth-order valence-corrected chi connectivity index (χ4v) is 3.58. The molecule has 1 fully saturated rings. The number of hydrogen-bond donors (Lipinski definition) is 0. The normalized spacial score (nSPS) is 16.9. The van der Waals surface area contributed by atoms with Crippen molar-refractivity contribution in [1.29, 1.82) is 0 Å². The number of ether oxygens (including phenoxy) is 1. The number of oxazole rings is 1. The zero-order valence-electron chi connectivity index (χ0n) is 16.0. The average molecular weight is 380 g/mol. The predicted molar refractivity (Wildman–Crippen MR) is 103 cm³/mol. The molecule has 3 heterocycles. The monoisotopic (exact) mass is 380 g/mol. The third-order valence-electron chi connectivity index (χ3n) is 5.09. The molecule has 28 heavy (non-hydrogen) atoms. The van der Waals surface area contributed by atoms with Gasteiger partial charge in [0.2, 0.25) is 5.91 Å². The van der Waals surface area contributed by atoms with E-state index in [1.54, 1.807) is 30.4 Å². The van der Waals surface area contributed by atoms with E-state index in [0.29, 0.717) is 13.0 Å². The molecule has 7 heteroatoms. The third-order valence-corrected chi connectivity index (χ3v) is 5.09. The van der Waals surface area contributed by atoms with Crippen molar-refractivity contribution in [3.05, 3.63) is 66.1 Å². The number of hydrogen-bond acceptors (Lipinski definition) is 5. The Balaban J connectivity index is 1.37. The number of aromatic nitrogens is 3. The Morgan fingerprint density at radius 3 is 2.93 bits per heavy atom. The molecular weight excluding hydrogens is 356 g/mol. The summed E-state index contributed by atoms with van der Waals surface area (Å²) in [5.41, 5.74) is 1.14. The summed E-state index contributed by atoms with van der Waals surface area (Å²) in [5, 5.41) is 4.11. The lowest BCUT2D eigenvalue weighted by molar-refractivity contribution is -0.133. The van der Waals surface area contributed by atoms with Gasteiger partial charge in [-0.05, 0) is 36.6 Å². The van der Waals surface area contributed by atoms with Crippen LogP contribution < -0.4 is 4.74 Å². The largest absolute Gasteiger partial charge is 0.497 e. The van der Waals surface area contributed by atoms with Gasteiger partial charge < -0.3 is 14.1 Å². The lowest BCUT2D eigenvalue weighted by atomic mass is 9.98. The van der Waals surface area contributed by atoms with Gasteiger partial charge >= 0.3 is 0 Å². The zero-order chi connectivity index (χ0) is 19.3. The topological polar surface area (TPSA) is 73.4 Å². The van der Waals surface area contributed by atoms with Crippen molar-refractivity contribution in [1.82, 2.24) is 19.7 Å². The lowest BCUT2D eigenvalue weighted by Gasteiger charge is -2.31. The number of carbonyl (C=O) groups is 1. The molecule has 7 nitrogen and oxygen atoms in total. The highest BCUT2D eigenvalue weighted by atomic mass is 16.5. The second-order valence-corrected chi connectivity index (χ2v) is 7.07. The predicted octanol–water partition coefficient (Wildman–Crippen LogP) is 2.88. The second kappa shape index (κ2) is 8.29. The third kappa shape index (κ3) is 4.24. The van der Waals surface area contributed by atoms with Crippen molar-refractivity contribution in [3.8, 4) is 5.75 Å². The molecule has 1 amide bonds. The van der Waals surface area contributed by atoms with Crippen molar-refractivity contribution < 1.29 is 13.9 Å². The minimum absolute atomic E-state index is 0.0819. The molecule has 2 aromatic heterocycles. The number of likely N-dealkylation sites (tertiary alicyclic amines) is 1. The van der Waals surface area contributed by atoms with Crippen molar-refractivity contribution in [2.24, 2.45) is 0 Å². The van der Waals surface area contributed by atoms with Crippen molar-refractivity contribution >= 4 is 5.91 Å². The summed E-state index contributed by atoms with van der Waals surface area (Å²) in [6, 6.07) is 9.76. The highest BCUT2D eigenvalue weighted by molar-refractivity contribution is 5.76. The molecule has 1 saturated heterocycles. The number of nitrogens with zero attached hydrogens (tertiary/aromatic N) is 4. The Labute approximate surface area is 163 Å². The van der Waals surface area contributed by atoms with E-state index < -0.39 is 0 Å². The minimum Gasteiger partial charge on any atom is -0.497 e. The summed E-state index contributed by atoms with van der Waals surface area (Å²) in [6.07, 6.45) is 7.90. The number of amides is 1. The van der Waals surface area contributed by atoms with Crippen LogP contribution in [0.2, 0.25) is 0 Å². The summed E-state index contributed by atoms with van der Waals surface area (Å²) in [5.74, 6) is 2.61. The average Bonchev–Trinajstić information content (AvgIpc) is 3.41. The van der Waals surface area contributed by atoms with E-state index in [4.69, 9.17) is 9.15 Å². The highest BCUT2D eigenvalue weighted by Gasteiger charge is 2.28. The fourth-order valence-electron chi connectivity index (χ4n) is 3.58. The number of piperidine rings is 1. The molecule has 1 aromatic carbocycles. The summed E-state index contributed by atoms with van der Waals surface area (Å²) in [4.78, 5) is 18.9. The molecule has 0 aliphatic carbocycles. The number of methoxy groups -OCH3 is 1. The maximum absolute atomic E-state index is 12.5. The van der Waals surface area contributed by atoms with Gasteiger partial charge in [0, 0.05) is 31.9 Å². The molecule has 0 saturated carbocycles. The van der Waals surface area contributed by atoms with Crippen molar-refractivity contribution in [2.75, 3.05) is 20.2 Å². The van der Waals surface area contributed by atoms with Crippen LogP contribution in [0.3, 0.4) is 0 Å². The smallest absolute Gasteiger partial charge is 0.244 e. The number of benzene rings is 1. The quantitative estimate of drug-likeness (QED) is 0.657. The minimum atomic E-state index is 0.0819. The molecule has 3 aromatic rings. The molecule has 0 radical (unpaired) electrons. The Kier molecular flexibility index (Phi) is 5.41. The summed E-state index contributed by atoms with van der Waals surface area (Å²) in [6.45, 7) is 1.69. The van der Waals surface area contributed by atoms with Gasteiger partial charge in [0.05, 0.1) is 19.2 Å². The van der Waals surface area contributed by atoms with Crippen LogP contribution in [0.1, 0.15) is 36.0 Å². The SMILES string of the molecule is COc1ccc(Cc2cnc([C@H]3CCCN(C(=O)Cn4cccn4)C3)o2)cc1. The number of rotatable bonds is 6. The van der Waals surface area contributed by atoms with E-state index in [1.165, 1.54) is 0 Å². The van der Waals surface area contributed by atoms with Crippen LogP contribution >= 0.6 is 0 Å². The zero-order valence-corrected chi connectivity index (χ0v) is 16.0.